The minimum Gasteiger partial charge on any atom is -0.493 e. The number of para-hydroxylation sites is 1. The lowest BCUT2D eigenvalue weighted by molar-refractivity contribution is -0.150. The van der Waals surface area contributed by atoms with Crippen LogP contribution in [0.5, 0.6) is 5.75 Å². The van der Waals surface area contributed by atoms with Crippen molar-refractivity contribution in [1.29, 1.82) is 0 Å². The van der Waals surface area contributed by atoms with Crippen LogP contribution in [0.15, 0.2) is 43.0 Å². The van der Waals surface area contributed by atoms with E-state index < -0.39 is 12.1 Å². The predicted molar refractivity (Wildman–Crippen MR) is 85.4 cm³/mol. The SMILES string of the molecule is C=CCNC(=O)[C@H](C)OC(=O)/C=C/c1ccccc1OCC. The lowest BCUT2D eigenvalue weighted by atomic mass is 10.2. The van der Waals surface area contributed by atoms with Crippen molar-refractivity contribution in [3.8, 4) is 5.75 Å². The Morgan fingerprint density at radius 2 is 2.09 bits per heavy atom. The van der Waals surface area contributed by atoms with Gasteiger partial charge < -0.3 is 14.8 Å². The highest BCUT2D eigenvalue weighted by atomic mass is 16.5. The van der Waals surface area contributed by atoms with Crippen molar-refractivity contribution in [3.05, 3.63) is 48.6 Å². The quantitative estimate of drug-likeness (QED) is 0.455. The van der Waals surface area contributed by atoms with Crippen LogP contribution in [0.1, 0.15) is 19.4 Å². The van der Waals surface area contributed by atoms with Gasteiger partial charge in [-0.2, -0.15) is 0 Å². The van der Waals surface area contributed by atoms with Crippen LogP contribution >= 0.6 is 0 Å². The maximum Gasteiger partial charge on any atom is 0.331 e. The summed E-state index contributed by atoms with van der Waals surface area (Å²) in [5, 5.41) is 2.56. The number of esters is 1. The van der Waals surface area contributed by atoms with E-state index in [2.05, 4.69) is 11.9 Å². The van der Waals surface area contributed by atoms with Gasteiger partial charge in [-0.3, -0.25) is 4.79 Å². The summed E-state index contributed by atoms with van der Waals surface area (Å²) in [6.45, 7) is 7.76. The molecule has 5 nitrogen and oxygen atoms in total. The molecule has 118 valence electrons. The maximum absolute atomic E-state index is 11.7. The van der Waals surface area contributed by atoms with Crippen LogP contribution in [0.25, 0.3) is 6.08 Å². The molecule has 0 saturated heterocycles. The first-order chi connectivity index (χ1) is 10.6. The van der Waals surface area contributed by atoms with Gasteiger partial charge in [-0.05, 0) is 26.0 Å². The molecule has 5 heteroatoms. The van der Waals surface area contributed by atoms with E-state index in [9.17, 15) is 9.59 Å². The molecule has 0 unspecified atom stereocenters. The standard InChI is InChI=1S/C17H21NO4/c1-4-12-18-17(20)13(3)22-16(19)11-10-14-8-6-7-9-15(14)21-5-2/h4,6-11,13H,1,5,12H2,2-3H3,(H,18,20)/b11-10+/t13-/m0/s1. The summed E-state index contributed by atoms with van der Waals surface area (Å²) in [5.41, 5.74) is 0.769. The minimum absolute atomic E-state index is 0.332. The third kappa shape index (κ3) is 5.83. The molecule has 1 atom stereocenters. The average Bonchev–Trinajstić information content (AvgIpc) is 2.52. The number of carbonyl (C=O) groups excluding carboxylic acids is 2. The molecule has 0 aliphatic carbocycles. The second kappa shape index (κ2) is 9.39. The van der Waals surface area contributed by atoms with Gasteiger partial charge in [0.2, 0.25) is 0 Å². The molecular weight excluding hydrogens is 282 g/mol. The molecule has 1 amide bonds. The zero-order valence-electron chi connectivity index (χ0n) is 12.9. The van der Waals surface area contributed by atoms with E-state index in [4.69, 9.17) is 9.47 Å². The average molecular weight is 303 g/mol. The molecular formula is C17H21NO4. The monoisotopic (exact) mass is 303 g/mol. The van der Waals surface area contributed by atoms with Crippen molar-refractivity contribution >= 4 is 18.0 Å². The topological polar surface area (TPSA) is 64.6 Å². The van der Waals surface area contributed by atoms with Crippen LogP contribution in [0.4, 0.5) is 0 Å². The zero-order valence-corrected chi connectivity index (χ0v) is 12.9. The molecule has 1 rings (SSSR count). The van der Waals surface area contributed by atoms with Crippen LogP contribution < -0.4 is 10.1 Å². The van der Waals surface area contributed by atoms with Crippen LogP contribution in [0, 0.1) is 0 Å². The van der Waals surface area contributed by atoms with Gasteiger partial charge in [0.1, 0.15) is 5.75 Å². The summed E-state index contributed by atoms with van der Waals surface area (Å²) >= 11 is 0. The molecule has 1 aromatic rings. The predicted octanol–water partition coefficient (Wildman–Crippen LogP) is 2.33. The van der Waals surface area contributed by atoms with E-state index in [-0.39, 0.29) is 5.91 Å². The molecule has 0 heterocycles. The summed E-state index contributed by atoms with van der Waals surface area (Å²) in [4.78, 5) is 23.3. The third-order valence-electron chi connectivity index (χ3n) is 2.70. The molecule has 0 saturated carbocycles. The number of rotatable bonds is 8. The molecule has 0 spiro atoms. The van der Waals surface area contributed by atoms with Gasteiger partial charge in [0.25, 0.3) is 5.91 Å². The Morgan fingerprint density at radius 1 is 1.36 bits per heavy atom. The number of ether oxygens (including phenoxy) is 2. The normalized spacial score (nSPS) is 11.7. The van der Waals surface area contributed by atoms with E-state index in [1.165, 1.54) is 13.0 Å². The Kier molecular flexibility index (Phi) is 7.47. The Morgan fingerprint density at radius 3 is 2.77 bits per heavy atom. The Labute approximate surface area is 130 Å². The number of amides is 1. The van der Waals surface area contributed by atoms with E-state index in [0.29, 0.717) is 18.9 Å². The largest absolute Gasteiger partial charge is 0.493 e. The summed E-state index contributed by atoms with van der Waals surface area (Å²) in [6, 6.07) is 7.35. The second-order valence-corrected chi connectivity index (χ2v) is 4.42. The van der Waals surface area contributed by atoms with Gasteiger partial charge in [-0.25, -0.2) is 4.79 Å². The summed E-state index contributed by atoms with van der Waals surface area (Å²) in [5.74, 6) is -0.269. The Bertz CT molecular complexity index is 551. The zero-order chi connectivity index (χ0) is 16.4. The Hall–Kier alpha value is -2.56. The second-order valence-electron chi connectivity index (χ2n) is 4.42. The molecule has 1 N–H and O–H groups in total. The molecule has 0 bridgehead atoms. The summed E-state index contributed by atoms with van der Waals surface area (Å²) in [7, 11) is 0. The van der Waals surface area contributed by atoms with Crippen molar-refractivity contribution in [2.24, 2.45) is 0 Å². The highest BCUT2D eigenvalue weighted by molar-refractivity contribution is 5.90. The fraction of sp³-hybridized carbons (Fsp3) is 0.294. The van der Waals surface area contributed by atoms with Crippen LogP contribution in [0.3, 0.4) is 0 Å². The van der Waals surface area contributed by atoms with Crippen LogP contribution in [-0.4, -0.2) is 31.1 Å². The first-order valence-corrected chi connectivity index (χ1v) is 7.07. The molecule has 1 aromatic carbocycles. The van der Waals surface area contributed by atoms with Gasteiger partial charge in [0.05, 0.1) is 6.61 Å². The van der Waals surface area contributed by atoms with Gasteiger partial charge >= 0.3 is 5.97 Å². The van der Waals surface area contributed by atoms with Crippen molar-refractivity contribution in [2.75, 3.05) is 13.2 Å². The lowest BCUT2D eigenvalue weighted by Crippen LogP contribution is -2.35. The van der Waals surface area contributed by atoms with Crippen molar-refractivity contribution < 1.29 is 19.1 Å². The van der Waals surface area contributed by atoms with Gasteiger partial charge in [-0.15, -0.1) is 6.58 Å². The van der Waals surface area contributed by atoms with Crippen molar-refractivity contribution in [2.45, 2.75) is 20.0 Å². The number of nitrogens with one attached hydrogen (secondary N) is 1. The molecule has 0 aromatic heterocycles. The van der Waals surface area contributed by atoms with E-state index >= 15 is 0 Å². The van der Waals surface area contributed by atoms with E-state index in [1.54, 1.807) is 12.2 Å². The highest BCUT2D eigenvalue weighted by Gasteiger charge is 2.15. The van der Waals surface area contributed by atoms with Gasteiger partial charge in [0.15, 0.2) is 6.10 Å². The molecule has 0 aliphatic heterocycles. The first kappa shape index (κ1) is 17.5. The van der Waals surface area contributed by atoms with Crippen LogP contribution in [0.2, 0.25) is 0 Å². The highest BCUT2D eigenvalue weighted by Crippen LogP contribution is 2.19. The fourth-order valence-corrected chi connectivity index (χ4v) is 1.65. The number of benzene rings is 1. The summed E-state index contributed by atoms with van der Waals surface area (Å²) < 4.78 is 10.5. The first-order valence-electron chi connectivity index (χ1n) is 7.07. The summed E-state index contributed by atoms with van der Waals surface area (Å²) in [6.07, 6.45) is 3.56. The lowest BCUT2D eigenvalue weighted by Gasteiger charge is -2.11. The number of hydrogen-bond donors (Lipinski definition) is 1. The fourth-order valence-electron chi connectivity index (χ4n) is 1.65. The maximum atomic E-state index is 11.7. The van der Waals surface area contributed by atoms with Crippen LogP contribution in [-0.2, 0) is 14.3 Å². The van der Waals surface area contributed by atoms with Gasteiger partial charge in [0, 0.05) is 18.2 Å². The van der Waals surface area contributed by atoms with E-state index in [0.717, 1.165) is 5.56 Å². The molecule has 22 heavy (non-hydrogen) atoms. The molecule has 0 fully saturated rings. The third-order valence-corrected chi connectivity index (χ3v) is 2.70. The number of carbonyl (C=O) groups is 2. The van der Waals surface area contributed by atoms with Gasteiger partial charge in [-0.1, -0.05) is 24.3 Å². The molecule has 0 aliphatic rings. The minimum atomic E-state index is -0.862. The Balaban J connectivity index is 2.61. The van der Waals surface area contributed by atoms with Crippen molar-refractivity contribution in [3.63, 3.8) is 0 Å². The van der Waals surface area contributed by atoms with E-state index in [1.807, 2.05) is 31.2 Å². The smallest absolute Gasteiger partial charge is 0.331 e. The number of hydrogen-bond acceptors (Lipinski definition) is 4. The van der Waals surface area contributed by atoms with Crippen molar-refractivity contribution in [1.82, 2.24) is 5.32 Å². The molecule has 0 radical (unpaired) electrons.